The summed E-state index contributed by atoms with van der Waals surface area (Å²) in [7, 11) is 0. The zero-order valence-electron chi connectivity index (χ0n) is 15.4. The summed E-state index contributed by atoms with van der Waals surface area (Å²) in [5, 5.41) is 15.8. The van der Waals surface area contributed by atoms with Crippen molar-refractivity contribution >= 4 is 39.1 Å². The third-order valence-corrected chi connectivity index (χ3v) is 4.58. The van der Waals surface area contributed by atoms with Crippen LogP contribution in [-0.4, -0.2) is 10.1 Å². The lowest BCUT2D eigenvalue weighted by atomic mass is 10.1. The van der Waals surface area contributed by atoms with Crippen LogP contribution in [-0.2, 0) is 0 Å². The van der Waals surface area contributed by atoms with Crippen molar-refractivity contribution in [1.82, 2.24) is 4.98 Å². The van der Waals surface area contributed by atoms with Gasteiger partial charge in [-0.3, -0.25) is 0 Å². The molecule has 0 amide bonds. The molecule has 0 bridgehead atoms. The summed E-state index contributed by atoms with van der Waals surface area (Å²) in [4.78, 5) is 4.67. The quantitative estimate of drug-likeness (QED) is 0.265. The van der Waals surface area contributed by atoms with Crippen molar-refractivity contribution in [2.24, 2.45) is 0 Å². The molecule has 138 valence electrons. The number of phenols is 1. The van der Waals surface area contributed by atoms with Gasteiger partial charge >= 0.3 is 0 Å². The third-order valence-electron chi connectivity index (χ3n) is 4.34. The molecule has 3 aromatic rings. The Hall–Kier alpha value is -2.78. The molecule has 2 aromatic carbocycles. The largest absolute Gasteiger partial charge is 0.508 e. The summed E-state index contributed by atoms with van der Waals surface area (Å²) in [6, 6.07) is 10.8. The number of allylic oxidation sites excluding steroid dienone is 4. The van der Waals surface area contributed by atoms with Gasteiger partial charge in [-0.25, -0.2) is 4.98 Å². The number of halogens is 1. The minimum atomic E-state index is 0.198. The summed E-state index contributed by atoms with van der Waals surface area (Å²) < 4.78 is 0. The molecule has 0 aliphatic carbocycles. The zero-order chi connectivity index (χ0) is 19.2. The molecule has 3 nitrogen and oxygen atoms in total. The molecule has 0 aliphatic heterocycles. The zero-order valence-corrected chi connectivity index (χ0v) is 16.1. The van der Waals surface area contributed by atoms with E-state index in [0.717, 1.165) is 39.6 Å². The molecule has 0 aliphatic rings. The Balaban J connectivity index is 2.09. The molecule has 0 saturated heterocycles. The van der Waals surface area contributed by atoms with Gasteiger partial charge in [-0.05, 0) is 55.0 Å². The van der Waals surface area contributed by atoms with Gasteiger partial charge < -0.3 is 10.4 Å². The minimum Gasteiger partial charge on any atom is -0.508 e. The number of nitrogens with zero attached hydrogens (tertiary/aromatic N) is 1. The van der Waals surface area contributed by atoms with Crippen LogP contribution in [0.1, 0.15) is 26.2 Å². The smallest absolute Gasteiger partial charge is 0.116 e. The average molecular weight is 379 g/mol. The van der Waals surface area contributed by atoms with E-state index < -0.39 is 0 Å². The van der Waals surface area contributed by atoms with Crippen molar-refractivity contribution in [1.29, 1.82) is 0 Å². The molecule has 0 atom stereocenters. The van der Waals surface area contributed by atoms with E-state index in [9.17, 15) is 5.11 Å². The minimum absolute atomic E-state index is 0.198. The molecular formula is C23H23ClN2O. The fourth-order valence-electron chi connectivity index (χ4n) is 2.93. The van der Waals surface area contributed by atoms with E-state index in [-0.39, 0.29) is 5.75 Å². The van der Waals surface area contributed by atoms with Gasteiger partial charge in [0.2, 0.25) is 0 Å². The number of nitrogens with one attached hydrogen (secondary N) is 1. The standard InChI is InChI=1S/C23H23ClN2O/c1-3-5-6-7-8-9-17(4-2)25-23-19-12-10-16(24)14-22(19)26-21-13-11-18(27)15-20(21)23/h4,7-15,27H,2-3,5-6H2,1H3,(H,25,26)/b8-7+,17-9+. The van der Waals surface area contributed by atoms with Crippen LogP contribution in [0.4, 0.5) is 5.69 Å². The van der Waals surface area contributed by atoms with E-state index in [4.69, 9.17) is 11.6 Å². The van der Waals surface area contributed by atoms with Gasteiger partial charge in [-0.2, -0.15) is 0 Å². The molecule has 1 heterocycles. The second-order valence-electron chi connectivity index (χ2n) is 6.37. The van der Waals surface area contributed by atoms with E-state index in [1.165, 1.54) is 12.8 Å². The van der Waals surface area contributed by atoms with Gasteiger partial charge in [-0.15, -0.1) is 0 Å². The average Bonchev–Trinajstić information content (AvgIpc) is 2.66. The number of aromatic nitrogens is 1. The molecule has 0 radical (unpaired) electrons. The highest BCUT2D eigenvalue weighted by Gasteiger charge is 2.11. The van der Waals surface area contributed by atoms with Gasteiger partial charge in [0.25, 0.3) is 0 Å². The van der Waals surface area contributed by atoms with E-state index >= 15 is 0 Å². The van der Waals surface area contributed by atoms with Gasteiger partial charge in [0.15, 0.2) is 0 Å². The predicted molar refractivity (Wildman–Crippen MR) is 116 cm³/mol. The maximum Gasteiger partial charge on any atom is 0.116 e. The summed E-state index contributed by atoms with van der Waals surface area (Å²) in [5.41, 5.74) is 3.32. The summed E-state index contributed by atoms with van der Waals surface area (Å²) >= 11 is 6.15. The topological polar surface area (TPSA) is 45.2 Å². The Morgan fingerprint density at radius 1 is 1.19 bits per heavy atom. The van der Waals surface area contributed by atoms with Gasteiger partial charge in [0, 0.05) is 21.5 Å². The number of unbranched alkanes of at least 4 members (excludes halogenated alkanes) is 2. The number of fused-ring (bicyclic) bond motifs is 2. The number of rotatable bonds is 7. The Labute approximate surface area is 164 Å². The number of hydrogen-bond acceptors (Lipinski definition) is 3. The van der Waals surface area contributed by atoms with Crippen molar-refractivity contribution in [3.8, 4) is 5.75 Å². The molecule has 27 heavy (non-hydrogen) atoms. The highest BCUT2D eigenvalue weighted by molar-refractivity contribution is 6.31. The molecule has 1 aromatic heterocycles. The fraction of sp³-hybridized carbons (Fsp3) is 0.174. The highest BCUT2D eigenvalue weighted by atomic mass is 35.5. The van der Waals surface area contributed by atoms with Gasteiger partial charge in [0.1, 0.15) is 5.75 Å². The highest BCUT2D eigenvalue weighted by Crippen LogP contribution is 2.34. The number of aromatic hydroxyl groups is 1. The molecule has 2 N–H and O–H groups in total. The maximum absolute atomic E-state index is 9.96. The molecule has 0 unspecified atom stereocenters. The van der Waals surface area contributed by atoms with Crippen LogP contribution in [0.15, 0.2) is 73.0 Å². The van der Waals surface area contributed by atoms with Crippen LogP contribution < -0.4 is 5.32 Å². The summed E-state index contributed by atoms with van der Waals surface area (Å²) in [5.74, 6) is 0.198. The number of benzene rings is 2. The first-order valence-corrected chi connectivity index (χ1v) is 9.48. The number of hydrogen-bond donors (Lipinski definition) is 2. The number of anilines is 1. The molecule has 0 fully saturated rings. The lowest BCUT2D eigenvalue weighted by molar-refractivity contribution is 0.476. The monoisotopic (exact) mass is 378 g/mol. The molecule has 4 heteroatoms. The first-order chi connectivity index (χ1) is 13.1. The third kappa shape index (κ3) is 4.50. The van der Waals surface area contributed by atoms with E-state index in [1.807, 2.05) is 30.4 Å². The van der Waals surface area contributed by atoms with Crippen molar-refractivity contribution < 1.29 is 5.11 Å². The SMILES string of the molecule is C=C/C(=C\C=C\CCCC)Nc1c2ccc(Cl)cc2nc2ccc(O)cc12. The lowest BCUT2D eigenvalue weighted by Gasteiger charge is -2.14. The van der Waals surface area contributed by atoms with E-state index in [1.54, 1.807) is 24.3 Å². The van der Waals surface area contributed by atoms with Crippen molar-refractivity contribution in [3.63, 3.8) is 0 Å². The van der Waals surface area contributed by atoms with Gasteiger partial charge in [0.05, 0.1) is 16.7 Å². The van der Waals surface area contributed by atoms with Crippen LogP contribution >= 0.6 is 11.6 Å². The Kier molecular flexibility index (Phi) is 6.15. The summed E-state index contributed by atoms with van der Waals surface area (Å²) in [6.45, 7) is 6.10. The second kappa shape index (κ2) is 8.74. The van der Waals surface area contributed by atoms with Crippen molar-refractivity contribution in [2.45, 2.75) is 26.2 Å². The molecule has 0 spiro atoms. The summed E-state index contributed by atoms with van der Waals surface area (Å²) in [6.07, 6.45) is 11.4. The maximum atomic E-state index is 9.96. The van der Waals surface area contributed by atoms with Crippen LogP contribution in [0.3, 0.4) is 0 Å². The van der Waals surface area contributed by atoms with Crippen molar-refractivity contribution in [2.75, 3.05) is 5.32 Å². The molecule has 3 rings (SSSR count). The van der Waals surface area contributed by atoms with Crippen LogP contribution in [0.2, 0.25) is 5.02 Å². The predicted octanol–water partition coefficient (Wildman–Crippen LogP) is 6.98. The Bertz CT molecular complexity index is 1040. The Morgan fingerprint density at radius 3 is 2.81 bits per heavy atom. The van der Waals surface area contributed by atoms with Crippen molar-refractivity contribution in [3.05, 3.63) is 78.0 Å². The van der Waals surface area contributed by atoms with Crippen LogP contribution in [0, 0.1) is 0 Å². The van der Waals surface area contributed by atoms with E-state index in [0.29, 0.717) is 5.02 Å². The second-order valence-corrected chi connectivity index (χ2v) is 6.81. The molecule has 0 saturated carbocycles. The first-order valence-electron chi connectivity index (χ1n) is 9.10. The van der Waals surface area contributed by atoms with Gasteiger partial charge in [-0.1, -0.05) is 50.1 Å². The fourth-order valence-corrected chi connectivity index (χ4v) is 3.10. The first kappa shape index (κ1) is 19.0. The number of pyridine rings is 1. The Morgan fingerprint density at radius 2 is 2.04 bits per heavy atom. The molecular weight excluding hydrogens is 356 g/mol. The van der Waals surface area contributed by atoms with Crippen LogP contribution in [0.5, 0.6) is 5.75 Å². The normalized spacial score (nSPS) is 12.1. The van der Waals surface area contributed by atoms with E-state index in [2.05, 4.69) is 29.9 Å². The number of phenolic OH excluding ortho intramolecular Hbond substituents is 1. The lowest BCUT2D eigenvalue weighted by Crippen LogP contribution is -1.99. The van der Waals surface area contributed by atoms with Crippen LogP contribution in [0.25, 0.3) is 21.8 Å².